The van der Waals surface area contributed by atoms with Crippen molar-refractivity contribution in [2.24, 2.45) is 0 Å². The van der Waals surface area contributed by atoms with Gasteiger partial charge < -0.3 is 9.32 Å². The highest BCUT2D eigenvalue weighted by molar-refractivity contribution is 5.95. The Morgan fingerprint density at radius 3 is 2.70 bits per heavy atom. The van der Waals surface area contributed by atoms with Gasteiger partial charge in [-0.2, -0.15) is 5.10 Å². The summed E-state index contributed by atoms with van der Waals surface area (Å²) < 4.78 is 5.44. The molecule has 0 saturated carbocycles. The van der Waals surface area contributed by atoms with E-state index in [4.69, 9.17) is 4.42 Å². The number of aromatic nitrogens is 4. The molecule has 4 aromatic rings. The minimum Gasteiger partial charge on any atom is -0.467 e. The highest BCUT2D eigenvalue weighted by Crippen LogP contribution is 2.19. The molecule has 0 saturated heterocycles. The zero-order valence-corrected chi connectivity index (χ0v) is 14.4. The standard InChI is InChI=1S/C20H17N5O2/c26-20(17-4-1-3-16(11-17)19-22-14-23-24-19)25(13-18-5-2-10-27-18)12-15-6-8-21-9-7-15/h1-11,14H,12-13H2,(H,22,23,24). The average molecular weight is 359 g/mol. The average Bonchev–Trinajstić information content (AvgIpc) is 3.42. The van der Waals surface area contributed by atoms with E-state index in [1.807, 2.05) is 42.5 Å². The van der Waals surface area contributed by atoms with Gasteiger partial charge in [0.1, 0.15) is 12.1 Å². The number of aromatic amines is 1. The third-order valence-corrected chi connectivity index (χ3v) is 4.13. The molecular formula is C20H17N5O2. The summed E-state index contributed by atoms with van der Waals surface area (Å²) >= 11 is 0. The number of carbonyl (C=O) groups excluding carboxylic acids is 1. The Labute approximate surface area is 155 Å². The smallest absolute Gasteiger partial charge is 0.254 e. The minimum atomic E-state index is -0.0930. The molecule has 0 radical (unpaired) electrons. The molecule has 0 aliphatic heterocycles. The van der Waals surface area contributed by atoms with Gasteiger partial charge in [-0.3, -0.25) is 14.9 Å². The van der Waals surface area contributed by atoms with Gasteiger partial charge in [0.25, 0.3) is 5.91 Å². The molecule has 0 spiro atoms. The first kappa shape index (κ1) is 16.7. The van der Waals surface area contributed by atoms with Crippen LogP contribution < -0.4 is 0 Å². The van der Waals surface area contributed by atoms with Gasteiger partial charge in [0.15, 0.2) is 5.82 Å². The summed E-state index contributed by atoms with van der Waals surface area (Å²) in [6, 6.07) is 14.8. The van der Waals surface area contributed by atoms with Crippen LogP contribution in [-0.2, 0) is 13.1 Å². The number of pyridine rings is 1. The highest BCUT2D eigenvalue weighted by Gasteiger charge is 2.18. The van der Waals surface area contributed by atoms with E-state index >= 15 is 0 Å². The molecule has 4 rings (SSSR count). The van der Waals surface area contributed by atoms with Crippen molar-refractivity contribution < 1.29 is 9.21 Å². The fourth-order valence-electron chi connectivity index (χ4n) is 2.83. The second-order valence-corrected chi connectivity index (χ2v) is 6.01. The molecule has 0 fully saturated rings. The van der Waals surface area contributed by atoms with E-state index in [2.05, 4.69) is 20.2 Å². The fraction of sp³-hybridized carbons (Fsp3) is 0.100. The van der Waals surface area contributed by atoms with Gasteiger partial charge in [-0.1, -0.05) is 12.1 Å². The van der Waals surface area contributed by atoms with E-state index in [0.29, 0.717) is 24.5 Å². The van der Waals surface area contributed by atoms with Crippen LogP contribution in [0.3, 0.4) is 0 Å². The van der Waals surface area contributed by atoms with E-state index in [1.54, 1.807) is 29.6 Å². The number of hydrogen-bond donors (Lipinski definition) is 1. The molecule has 0 aliphatic rings. The monoisotopic (exact) mass is 359 g/mol. The van der Waals surface area contributed by atoms with Gasteiger partial charge in [0.05, 0.1) is 12.8 Å². The number of carbonyl (C=O) groups is 1. The molecule has 0 unspecified atom stereocenters. The first-order valence-electron chi connectivity index (χ1n) is 8.46. The van der Waals surface area contributed by atoms with Gasteiger partial charge in [0, 0.05) is 30.1 Å². The zero-order chi connectivity index (χ0) is 18.5. The Morgan fingerprint density at radius 2 is 1.96 bits per heavy atom. The molecule has 1 aromatic carbocycles. The molecule has 0 atom stereocenters. The van der Waals surface area contributed by atoms with Crippen molar-refractivity contribution in [2.75, 3.05) is 0 Å². The van der Waals surface area contributed by atoms with Crippen LogP contribution in [0.2, 0.25) is 0 Å². The first-order chi connectivity index (χ1) is 13.3. The van der Waals surface area contributed by atoms with Crippen LogP contribution in [0.1, 0.15) is 21.7 Å². The minimum absolute atomic E-state index is 0.0930. The Morgan fingerprint density at radius 1 is 1.07 bits per heavy atom. The summed E-state index contributed by atoms with van der Waals surface area (Å²) in [5.41, 5.74) is 2.38. The first-order valence-corrected chi connectivity index (χ1v) is 8.46. The molecular weight excluding hydrogens is 342 g/mol. The number of furan rings is 1. The molecule has 0 bridgehead atoms. The highest BCUT2D eigenvalue weighted by atomic mass is 16.3. The number of nitrogens with zero attached hydrogens (tertiary/aromatic N) is 4. The Kier molecular flexibility index (Phi) is 4.74. The van der Waals surface area contributed by atoms with Crippen LogP contribution in [0.4, 0.5) is 0 Å². The maximum absolute atomic E-state index is 13.2. The second kappa shape index (κ2) is 7.65. The number of nitrogens with one attached hydrogen (secondary N) is 1. The maximum Gasteiger partial charge on any atom is 0.254 e. The Balaban J connectivity index is 1.62. The number of benzene rings is 1. The largest absolute Gasteiger partial charge is 0.467 e. The molecule has 7 heteroatoms. The van der Waals surface area contributed by atoms with Gasteiger partial charge in [-0.25, -0.2) is 4.98 Å². The predicted molar refractivity (Wildman–Crippen MR) is 98.3 cm³/mol. The Bertz CT molecular complexity index is 998. The lowest BCUT2D eigenvalue weighted by Gasteiger charge is -2.22. The van der Waals surface area contributed by atoms with Crippen molar-refractivity contribution in [1.29, 1.82) is 0 Å². The zero-order valence-electron chi connectivity index (χ0n) is 14.4. The normalized spacial score (nSPS) is 10.7. The lowest BCUT2D eigenvalue weighted by molar-refractivity contribution is 0.0717. The van der Waals surface area contributed by atoms with Crippen molar-refractivity contribution in [2.45, 2.75) is 13.1 Å². The van der Waals surface area contributed by atoms with Crippen LogP contribution in [-0.4, -0.2) is 31.0 Å². The van der Waals surface area contributed by atoms with E-state index in [9.17, 15) is 4.79 Å². The number of rotatable bonds is 6. The van der Waals surface area contributed by atoms with Crippen LogP contribution in [0.25, 0.3) is 11.4 Å². The maximum atomic E-state index is 13.2. The second-order valence-electron chi connectivity index (χ2n) is 6.01. The molecule has 134 valence electrons. The van der Waals surface area contributed by atoms with Crippen molar-refractivity contribution in [3.63, 3.8) is 0 Å². The predicted octanol–water partition coefficient (Wildman–Crippen LogP) is 3.30. The molecule has 0 aliphatic carbocycles. The summed E-state index contributed by atoms with van der Waals surface area (Å²) in [4.78, 5) is 23.1. The molecule has 27 heavy (non-hydrogen) atoms. The van der Waals surface area contributed by atoms with Crippen molar-refractivity contribution >= 4 is 5.91 Å². The Hall–Kier alpha value is -3.74. The molecule has 7 nitrogen and oxygen atoms in total. The van der Waals surface area contributed by atoms with Crippen LogP contribution in [0.15, 0.2) is 77.9 Å². The van der Waals surface area contributed by atoms with E-state index in [1.165, 1.54) is 6.33 Å². The quantitative estimate of drug-likeness (QED) is 0.571. The van der Waals surface area contributed by atoms with Gasteiger partial charge in [-0.15, -0.1) is 0 Å². The van der Waals surface area contributed by atoms with Crippen molar-refractivity contribution in [3.05, 3.63) is 90.4 Å². The summed E-state index contributed by atoms with van der Waals surface area (Å²) in [5, 5.41) is 6.68. The van der Waals surface area contributed by atoms with Crippen LogP contribution >= 0.6 is 0 Å². The third-order valence-electron chi connectivity index (χ3n) is 4.13. The van der Waals surface area contributed by atoms with Crippen LogP contribution in [0.5, 0.6) is 0 Å². The molecule has 1 N–H and O–H groups in total. The van der Waals surface area contributed by atoms with E-state index in [0.717, 1.165) is 16.9 Å². The van der Waals surface area contributed by atoms with Crippen LogP contribution in [0, 0.1) is 0 Å². The van der Waals surface area contributed by atoms with Crippen molar-refractivity contribution in [1.82, 2.24) is 25.1 Å². The molecule has 1 amide bonds. The summed E-state index contributed by atoms with van der Waals surface area (Å²) in [6.07, 6.45) is 6.48. The molecule has 3 aromatic heterocycles. The van der Waals surface area contributed by atoms with E-state index < -0.39 is 0 Å². The lowest BCUT2D eigenvalue weighted by atomic mass is 10.1. The number of hydrogen-bond acceptors (Lipinski definition) is 5. The van der Waals surface area contributed by atoms with Gasteiger partial charge >= 0.3 is 0 Å². The lowest BCUT2D eigenvalue weighted by Crippen LogP contribution is -2.30. The number of amides is 1. The third kappa shape index (κ3) is 3.92. The van der Waals surface area contributed by atoms with Crippen molar-refractivity contribution in [3.8, 4) is 11.4 Å². The summed E-state index contributed by atoms with van der Waals surface area (Å²) in [6.45, 7) is 0.829. The molecule has 3 heterocycles. The summed E-state index contributed by atoms with van der Waals surface area (Å²) in [7, 11) is 0. The van der Waals surface area contributed by atoms with Gasteiger partial charge in [-0.05, 0) is 42.0 Å². The van der Waals surface area contributed by atoms with Gasteiger partial charge in [0.2, 0.25) is 0 Å². The fourth-order valence-corrected chi connectivity index (χ4v) is 2.83. The SMILES string of the molecule is O=C(c1cccc(-c2ncn[nH]2)c1)N(Cc1ccncc1)Cc1ccco1. The topological polar surface area (TPSA) is 87.9 Å². The summed E-state index contributed by atoms with van der Waals surface area (Å²) in [5.74, 6) is 1.25. The van der Waals surface area contributed by atoms with E-state index in [-0.39, 0.29) is 5.91 Å². The number of H-pyrrole nitrogens is 1.